The fourth-order valence-corrected chi connectivity index (χ4v) is 4.73. The predicted octanol–water partition coefficient (Wildman–Crippen LogP) is 1.69. The van der Waals surface area contributed by atoms with E-state index in [0.717, 1.165) is 37.9 Å². The summed E-state index contributed by atoms with van der Waals surface area (Å²) in [5.41, 5.74) is 1.17. The molecule has 3 rings (SSSR count). The highest BCUT2D eigenvalue weighted by Crippen LogP contribution is 2.23. The van der Waals surface area contributed by atoms with Crippen molar-refractivity contribution in [2.24, 2.45) is 0 Å². The number of amides is 1. The molecule has 24 heavy (non-hydrogen) atoms. The molecule has 1 amide bonds. The van der Waals surface area contributed by atoms with Crippen LogP contribution in [-0.4, -0.2) is 51.0 Å². The van der Waals surface area contributed by atoms with Crippen LogP contribution in [0.5, 0.6) is 0 Å². The fourth-order valence-electron chi connectivity index (χ4n) is 3.19. The van der Waals surface area contributed by atoms with Gasteiger partial charge >= 0.3 is 0 Å². The molecule has 0 aliphatic carbocycles. The first kappa shape index (κ1) is 17.4. The van der Waals surface area contributed by atoms with Crippen LogP contribution < -0.4 is 5.32 Å². The van der Waals surface area contributed by atoms with Gasteiger partial charge in [0.25, 0.3) is 5.91 Å². The molecule has 1 aromatic carbocycles. The number of ether oxygens (including phenoxy) is 1. The lowest BCUT2D eigenvalue weighted by molar-refractivity contribution is 0.0857. The summed E-state index contributed by atoms with van der Waals surface area (Å²) in [7, 11) is -3.51. The highest BCUT2D eigenvalue weighted by molar-refractivity contribution is 7.89. The summed E-state index contributed by atoms with van der Waals surface area (Å²) in [5.74, 6) is -0.249. The molecule has 2 aliphatic heterocycles. The van der Waals surface area contributed by atoms with Gasteiger partial charge in [0.1, 0.15) is 0 Å². The minimum Gasteiger partial charge on any atom is -0.376 e. The Morgan fingerprint density at radius 3 is 2.71 bits per heavy atom. The molecular weight excluding hydrogens is 328 g/mol. The van der Waals surface area contributed by atoms with Crippen molar-refractivity contribution in [1.82, 2.24) is 9.62 Å². The molecule has 2 fully saturated rings. The van der Waals surface area contributed by atoms with Gasteiger partial charge in [-0.25, -0.2) is 8.42 Å². The standard InChI is InChI=1S/C17H24N2O4S/c1-13-6-7-15(24(21,22)19-8-2-3-9-19)11-16(13)17(20)18-12-14-5-4-10-23-14/h6-7,11,14H,2-5,8-10,12H2,1H3,(H,18,20). The summed E-state index contributed by atoms with van der Waals surface area (Å²) < 4.78 is 32.3. The second-order valence-electron chi connectivity index (χ2n) is 6.43. The Bertz CT molecular complexity index is 705. The summed E-state index contributed by atoms with van der Waals surface area (Å²) in [4.78, 5) is 12.6. The Labute approximate surface area is 143 Å². The zero-order valence-corrected chi connectivity index (χ0v) is 14.8. The van der Waals surface area contributed by atoms with E-state index in [0.29, 0.717) is 25.2 Å². The number of carbonyl (C=O) groups is 1. The van der Waals surface area contributed by atoms with Crippen molar-refractivity contribution in [3.63, 3.8) is 0 Å². The number of hydrogen-bond acceptors (Lipinski definition) is 4. The summed E-state index contributed by atoms with van der Waals surface area (Å²) in [6.45, 7) is 4.12. The fraction of sp³-hybridized carbons (Fsp3) is 0.588. The Kier molecular flexibility index (Phi) is 5.22. The second-order valence-corrected chi connectivity index (χ2v) is 8.37. The highest BCUT2D eigenvalue weighted by Gasteiger charge is 2.28. The average Bonchev–Trinajstić information content (AvgIpc) is 3.26. The lowest BCUT2D eigenvalue weighted by atomic mass is 10.1. The number of nitrogens with zero attached hydrogens (tertiary/aromatic N) is 1. The van der Waals surface area contributed by atoms with Crippen LogP contribution in [0.3, 0.4) is 0 Å². The zero-order valence-electron chi connectivity index (χ0n) is 14.0. The number of hydrogen-bond donors (Lipinski definition) is 1. The van der Waals surface area contributed by atoms with Crippen LogP contribution in [-0.2, 0) is 14.8 Å². The van der Waals surface area contributed by atoms with Crippen LogP contribution >= 0.6 is 0 Å². The van der Waals surface area contributed by atoms with Gasteiger partial charge in [-0.05, 0) is 50.3 Å². The maximum absolute atomic E-state index is 12.7. The van der Waals surface area contributed by atoms with Crippen LogP contribution in [0.15, 0.2) is 23.1 Å². The summed E-state index contributed by atoms with van der Waals surface area (Å²) in [6, 6.07) is 4.78. The molecule has 7 heteroatoms. The maximum atomic E-state index is 12.7. The number of sulfonamides is 1. The van der Waals surface area contributed by atoms with Gasteiger partial charge in [-0.2, -0.15) is 4.31 Å². The van der Waals surface area contributed by atoms with E-state index in [-0.39, 0.29) is 16.9 Å². The number of rotatable bonds is 5. The third-order valence-corrected chi connectivity index (χ3v) is 6.57. The number of aryl methyl sites for hydroxylation is 1. The first-order valence-electron chi connectivity index (χ1n) is 8.49. The Balaban J connectivity index is 1.76. The van der Waals surface area contributed by atoms with Crippen molar-refractivity contribution >= 4 is 15.9 Å². The van der Waals surface area contributed by atoms with Crippen molar-refractivity contribution in [3.05, 3.63) is 29.3 Å². The molecule has 0 spiro atoms. The van der Waals surface area contributed by atoms with E-state index in [4.69, 9.17) is 4.74 Å². The molecule has 0 radical (unpaired) electrons. The summed E-state index contributed by atoms with van der Waals surface area (Å²) in [5, 5.41) is 2.86. The van der Waals surface area contributed by atoms with E-state index in [1.807, 2.05) is 6.92 Å². The highest BCUT2D eigenvalue weighted by atomic mass is 32.2. The van der Waals surface area contributed by atoms with E-state index in [2.05, 4.69) is 5.32 Å². The van der Waals surface area contributed by atoms with Crippen molar-refractivity contribution in [2.45, 2.75) is 43.6 Å². The summed E-state index contributed by atoms with van der Waals surface area (Å²) >= 11 is 0. The number of benzene rings is 1. The molecule has 1 N–H and O–H groups in total. The molecule has 2 heterocycles. The van der Waals surface area contributed by atoms with Gasteiger partial charge < -0.3 is 10.1 Å². The van der Waals surface area contributed by atoms with Crippen molar-refractivity contribution < 1.29 is 17.9 Å². The minimum atomic E-state index is -3.51. The molecule has 0 aromatic heterocycles. The van der Waals surface area contributed by atoms with Gasteiger partial charge in [0, 0.05) is 31.8 Å². The van der Waals surface area contributed by atoms with Crippen molar-refractivity contribution in [3.8, 4) is 0 Å². The van der Waals surface area contributed by atoms with E-state index in [1.54, 1.807) is 12.1 Å². The molecule has 1 aromatic rings. The number of carbonyl (C=O) groups excluding carboxylic acids is 1. The van der Waals surface area contributed by atoms with Crippen molar-refractivity contribution in [1.29, 1.82) is 0 Å². The largest absolute Gasteiger partial charge is 0.376 e. The van der Waals surface area contributed by atoms with E-state index >= 15 is 0 Å². The normalized spacial score (nSPS) is 22.0. The monoisotopic (exact) mass is 352 g/mol. The molecular formula is C17H24N2O4S. The van der Waals surface area contributed by atoms with Gasteiger partial charge in [0.15, 0.2) is 0 Å². The van der Waals surface area contributed by atoms with Crippen molar-refractivity contribution in [2.75, 3.05) is 26.2 Å². The Morgan fingerprint density at radius 1 is 1.29 bits per heavy atom. The maximum Gasteiger partial charge on any atom is 0.251 e. The van der Waals surface area contributed by atoms with Gasteiger partial charge in [-0.15, -0.1) is 0 Å². The lowest BCUT2D eigenvalue weighted by Gasteiger charge is -2.17. The van der Waals surface area contributed by atoms with Crippen LogP contribution in [0.25, 0.3) is 0 Å². The predicted molar refractivity (Wildman–Crippen MR) is 90.5 cm³/mol. The Morgan fingerprint density at radius 2 is 2.04 bits per heavy atom. The minimum absolute atomic E-state index is 0.0609. The zero-order chi connectivity index (χ0) is 17.2. The molecule has 132 valence electrons. The van der Waals surface area contributed by atoms with Gasteiger partial charge in [0.2, 0.25) is 10.0 Å². The second kappa shape index (κ2) is 7.21. The van der Waals surface area contributed by atoms with Gasteiger partial charge in [-0.3, -0.25) is 4.79 Å². The van der Waals surface area contributed by atoms with E-state index in [9.17, 15) is 13.2 Å². The van der Waals surface area contributed by atoms with Gasteiger partial charge in [0.05, 0.1) is 11.0 Å². The van der Waals surface area contributed by atoms with Crippen LogP contribution in [0.1, 0.15) is 41.6 Å². The number of nitrogens with one attached hydrogen (secondary N) is 1. The first-order chi connectivity index (χ1) is 11.5. The smallest absolute Gasteiger partial charge is 0.251 e. The molecule has 2 aliphatic rings. The van der Waals surface area contributed by atoms with E-state index < -0.39 is 10.0 Å². The first-order valence-corrected chi connectivity index (χ1v) is 9.93. The summed E-state index contributed by atoms with van der Waals surface area (Å²) in [6.07, 6.45) is 3.80. The Hall–Kier alpha value is -1.44. The topological polar surface area (TPSA) is 75.7 Å². The molecule has 0 bridgehead atoms. The lowest BCUT2D eigenvalue weighted by Crippen LogP contribution is -2.32. The molecule has 6 nitrogen and oxygen atoms in total. The quantitative estimate of drug-likeness (QED) is 0.875. The molecule has 1 unspecified atom stereocenters. The average molecular weight is 352 g/mol. The third-order valence-electron chi connectivity index (χ3n) is 4.67. The van der Waals surface area contributed by atoms with Gasteiger partial charge in [-0.1, -0.05) is 6.07 Å². The van der Waals surface area contributed by atoms with Crippen LogP contribution in [0.4, 0.5) is 0 Å². The molecule has 1 atom stereocenters. The third kappa shape index (κ3) is 3.63. The molecule has 2 saturated heterocycles. The van der Waals surface area contributed by atoms with Crippen LogP contribution in [0.2, 0.25) is 0 Å². The SMILES string of the molecule is Cc1ccc(S(=O)(=O)N2CCCC2)cc1C(=O)NCC1CCCO1. The molecule has 0 saturated carbocycles. The van der Waals surface area contributed by atoms with Crippen LogP contribution in [0, 0.1) is 6.92 Å². The van der Waals surface area contributed by atoms with E-state index in [1.165, 1.54) is 10.4 Å².